The second-order valence-corrected chi connectivity index (χ2v) is 6.48. The van der Waals surface area contributed by atoms with Crippen LogP contribution >= 0.6 is 0 Å². The predicted octanol–water partition coefficient (Wildman–Crippen LogP) is 3.53. The van der Waals surface area contributed by atoms with Crippen LogP contribution in [-0.2, 0) is 6.54 Å². The van der Waals surface area contributed by atoms with Gasteiger partial charge in [0, 0.05) is 31.7 Å². The van der Waals surface area contributed by atoms with E-state index < -0.39 is 0 Å². The molecule has 2 aliphatic rings. The normalized spacial score (nSPS) is 27.7. The van der Waals surface area contributed by atoms with Crippen LogP contribution in [0.5, 0.6) is 0 Å². The molecule has 2 unspecified atom stereocenters. The van der Waals surface area contributed by atoms with Crippen molar-refractivity contribution in [3.8, 4) is 0 Å². The lowest BCUT2D eigenvalue weighted by Crippen LogP contribution is -2.55. The van der Waals surface area contributed by atoms with E-state index in [-0.39, 0.29) is 0 Å². The highest BCUT2D eigenvalue weighted by Gasteiger charge is 2.29. The Hall–Kier alpha value is -0.860. The Morgan fingerprint density at radius 3 is 2.65 bits per heavy atom. The van der Waals surface area contributed by atoms with Crippen molar-refractivity contribution in [1.82, 2.24) is 10.2 Å². The van der Waals surface area contributed by atoms with E-state index in [0.717, 1.165) is 19.0 Å². The summed E-state index contributed by atoms with van der Waals surface area (Å²) in [5.74, 6) is 0.858. The number of nitrogens with one attached hydrogen (secondary N) is 1. The Bertz CT molecular complexity index is 439. The largest absolute Gasteiger partial charge is 0.311 e. The third-order valence-electron chi connectivity index (χ3n) is 5.02. The summed E-state index contributed by atoms with van der Waals surface area (Å²) in [5.41, 5.74) is 3.19. The fourth-order valence-corrected chi connectivity index (χ4v) is 3.49. The van der Waals surface area contributed by atoms with Crippen molar-refractivity contribution >= 4 is 0 Å². The van der Waals surface area contributed by atoms with Crippen LogP contribution in [0.1, 0.15) is 56.6 Å². The van der Waals surface area contributed by atoms with Crippen LogP contribution in [-0.4, -0.2) is 30.1 Å². The minimum atomic E-state index is 0.672. The average molecular weight is 272 g/mol. The van der Waals surface area contributed by atoms with Gasteiger partial charge in [-0.05, 0) is 42.7 Å². The molecule has 2 nitrogen and oxygen atoms in total. The molecular weight excluding hydrogens is 244 g/mol. The Kier molecular flexibility index (Phi) is 4.42. The first-order valence-electron chi connectivity index (χ1n) is 8.37. The number of hydrogen-bond donors (Lipinski definition) is 1. The van der Waals surface area contributed by atoms with Crippen LogP contribution in [0.4, 0.5) is 0 Å². The third kappa shape index (κ3) is 3.07. The summed E-state index contributed by atoms with van der Waals surface area (Å²) in [4.78, 5) is 2.71. The van der Waals surface area contributed by atoms with Crippen LogP contribution in [0.15, 0.2) is 24.3 Å². The van der Waals surface area contributed by atoms with E-state index in [4.69, 9.17) is 0 Å². The van der Waals surface area contributed by atoms with Crippen LogP contribution in [0.3, 0.4) is 0 Å². The molecule has 3 rings (SSSR count). The maximum absolute atomic E-state index is 3.69. The lowest BCUT2D eigenvalue weighted by molar-refractivity contribution is 0.117. The Balaban J connectivity index is 1.74. The van der Waals surface area contributed by atoms with Gasteiger partial charge in [0.1, 0.15) is 0 Å². The van der Waals surface area contributed by atoms with Gasteiger partial charge in [0.25, 0.3) is 0 Å². The van der Waals surface area contributed by atoms with E-state index in [9.17, 15) is 0 Å². The highest BCUT2D eigenvalue weighted by molar-refractivity contribution is 5.33. The van der Waals surface area contributed by atoms with Crippen molar-refractivity contribution < 1.29 is 0 Å². The lowest BCUT2D eigenvalue weighted by Gasteiger charge is -2.40. The molecule has 0 radical (unpaired) electrons. The summed E-state index contributed by atoms with van der Waals surface area (Å²) < 4.78 is 0. The van der Waals surface area contributed by atoms with Gasteiger partial charge < -0.3 is 5.32 Å². The fraction of sp³-hybridized carbons (Fsp3) is 0.667. The number of benzene rings is 1. The minimum absolute atomic E-state index is 0.672. The lowest BCUT2D eigenvalue weighted by atomic mass is 9.99. The number of piperazine rings is 1. The van der Waals surface area contributed by atoms with E-state index in [0.29, 0.717) is 12.1 Å². The second kappa shape index (κ2) is 6.28. The molecule has 0 amide bonds. The van der Waals surface area contributed by atoms with Crippen LogP contribution < -0.4 is 5.32 Å². The number of rotatable bonds is 5. The van der Waals surface area contributed by atoms with Gasteiger partial charge in [0.2, 0.25) is 0 Å². The Labute approximate surface area is 123 Å². The van der Waals surface area contributed by atoms with E-state index >= 15 is 0 Å². The highest BCUT2D eigenvalue weighted by Crippen LogP contribution is 2.42. The summed E-state index contributed by atoms with van der Waals surface area (Å²) in [6.07, 6.45) is 5.27. The van der Waals surface area contributed by atoms with Crippen molar-refractivity contribution in [2.45, 2.75) is 64.1 Å². The smallest absolute Gasteiger partial charge is 0.0240 e. The zero-order chi connectivity index (χ0) is 13.9. The first-order valence-corrected chi connectivity index (χ1v) is 8.37. The Morgan fingerprint density at radius 1 is 1.15 bits per heavy atom. The van der Waals surface area contributed by atoms with Gasteiger partial charge in [-0.2, -0.15) is 0 Å². The molecule has 1 aliphatic carbocycles. The molecule has 0 aromatic heterocycles. The maximum Gasteiger partial charge on any atom is 0.0240 e. The number of nitrogens with zero attached hydrogens (tertiary/aromatic N) is 1. The van der Waals surface area contributed by atoms with Gasteiger partial charge in [-0.3, -0.25) is 4.90 Å². The zero-order valence-electron chi connectivity index (χ0n) is 12.9. The first kappa shape index (κ1) is 14.1. The third-order valence-corrected chi connectivity index (χ3v) is 5.02. The fourth-order valence-electron chi connectivity index (χ4n) is 3.49. The summed E-state index contributed by atoms with van der Waals surface area (Å²) in [7, 11) is 0. The van der Waals surface area contributed by atoms with Crippen LogP contribution in [0.25, 0.3) is 0 Å². The van der Waals surface area contributed by atoms with Crippen molar-refractivity contribution in [2.24, 2.45) is 0 Å². The first-order chi connectivity index (χ1) is 9.81. The molecule has 110 valence electrons. The van der Waals surface area contributed by atoms with Gasteiger partial charge >= 0.3 is 0 Å². The molecule has 1 aliphatic heterocycles. The van der Waals surface area contributed by atoms with Crippen molar-refractivity contribution in [1.29, 1.82) is 0 Å². The highest BCUT2D eigenvalue weighted by atomic mass is 15.2. The molecular formula is C18H28N2. The molecule has 2 atom stereocenters. The molecule has 1 heterocycles. The van der Waals surface area contributed by atoms with Gasteiger partial charge in [-0.15, -0.1) is 0 Å². The molecule has 1 saturated carbocycles. The zero-order valence-corrected chi connectivity index (χ0v) is 12.9. The van der Waals surface area contributed by atoms with E-state index in [1.807, 2.05) is 0 Å². The van der Waals surface area contributed by atoms with Gasteiger partial charge in [0.15, 0.2) is 0 Å². The maximum atomic E-state index is 3.69. The molecule has 2 fully saturated rings. The van der Waals surface area contributed by atoms with E-state index in [1.165, 1.54) is 32.2 Å². The topological polar surface area (TPSA) is 15.3 Å². The van der Waals surface area contributed by atoms with Gasteiger partial charge in [0.05, 0.1) is 0 Å². The van der Waals surface area contributed by atoms with Crippen molar-refractivity contribution in [2.75, 3.05) is 13.1 Å². The molecule has 20 heavy (non-hydrogen) atoms. The van der Waals surface area contributed by atoms with E-state index in [1.54, 1.807) is 11.1 Å². The minimum Gasteiger partial charge on any atom is -0.311 e. The molecule has 2 heteroatoms. The van der Waals surface area contributed by atoms with Gasteiger partial charge in [-0.1, -0.05) is 38.1 Å². The summed E-state index contributed by atoms with van der Waals surface area (Å²) in [6.45, 7) is 8.11. The second-order valence-electron chi connectivity index (χ2n) is 6.48. The quantitative estimate of drug-likeness (QED) is 0.882. The molecule has 0 spiro atoms. The molecule has 1 saturated heterocycles. The van der Waals surface area contributed by atoms with Crippen LogP contribution in [0, 0.1) is 0 Å². The van der Waals surface area contributed by atoms with Crippen molar-refractivity contribution in [3.05, 3.63) is 35.4 Å². The predicted molar refractivity (Wildman–Crippen MR) is 85.0 cm³/mol. The molecule has 1 aromatic rings. The average Bonchev–Trinajstić information content (AvgIpc) is 3.32. The summed E-state index contributed by atoms with van der Waals surface area (Å²) >= 11 is 0. The summed E-state index contributed by atoms with van der Waals surface area (Å²) in [6, 6.07) is 10.5. The Morgan fingerprint density at radius 2 is 1.95 bits per heavy atom. The van der Waals surface area contributed by atoms with Gasteiger partial charge in [-0.25, -0.2) is 0 Å². The van der Waals surface area contributed by atoms with E-state index in [2.05, 4.69) is 48.3 Å². The molecule has 0 bridgehead atoms. The van der Waals surface area contributed by atoms with Crippen molar-refractivity contribution in [3.63, 3.8) is 0 Å². The molecule has 1 aromatic carbocycles. The SMILES string of the molecule is CCC1CN(Cc2ccccc2C2CC2)C(CC)CN1. The number of hydrogen-bond acceptors (Lipinski definition) is 2. The summed E-state index contributed by atoms with van der Waals surface area (Å²) in [5, 5.41) is 3.69. The molecule has 1 N–H and O–H groups in total. The standard InChI is InChI=1S/C18H28N2/c1-3-16-13-20(17(4-2)11-19-16)12-15-7-5-6-8-18(15)14-9-10-14/h5-8,14,16-17,19H,3-4,9-13H2,1-2H3. The monoisotopic (exact) mass is 272 g/mol. The van der Waals surface area contributed by atoms with Crippen LogP contribution in [0.2, 0.25) is 0 Å².